The molecule has 146 valence electrons. The number of amides is 1. The van der Waals surface area contributed by atoms with E-state index in [0.717, 1.165) is 5.56 Å². The SMILES string of the molecule is CCC(Nc1c(C)cc(C)cc1C(=O)NO)S(=O)(=O)c1ccc(OC)cc1. The van der Waals surface area contributed by atoms with Gasteiger partial charge < -0.3 is 10.1 Å². The summed E-state index contributed by atoms with van der Waals surface area (Å²) in [5, 5.41) is 11.1. The molecule has 1 unspecified atom stereocenters. The smallest absolute Gasteiger partial charge is 0.276 e. The quantitative estimate of drug-likeness (QED) is 0.494. The Hall–Kier alpha value is -2.58. The van der Waals surface area contributed by atoms with Crippen molar-refractivity contribution in [2.45, 2.75) is 37.5 Å². The molecule has 0 aliphatic heterocycles. The summed E-state index contributed by atoms with van der Waals surface area (Å²) in [7, 11) is -2.20. The van der Waals surface area contributed by atoms with Crippen molar-refractivity contribution in [3.8, 4) is 5.75 Å². The van der Waals surface area contributed by atoms with Gasteiger partial charge in [0.25, 0.3) is 5.91 Å². The Bertz CT molecular complexity index is 924. The van der Waals surface area contributed by atoms with Crippen molar-refractivity contribution in [2.24, 2.45) is 0 Å². The average Bonchev–Trinajstić information content (AvgIpc) is 2.66. The fourth-order valence-electron chi connectivity index (χ4n) is 2.89. The number of benzene rings is 2. The van der Waals surface area contributed by atoms with Crippen molar-refractivity contribution in [1.29, 1.82) is 0 Å². The van der Waals surface area contributed by atoms with Crippen molar-refractivity contribution in [1.82, 2.24) is 5.48 Å². The molecule has 0 saturated carbocycles. The number of hydrogen-bond donors (Lipinski definition) is 3. The predicted octanol–water partition coefficient (Wildman–Crippen LogP) is 3.05. The van der Waals surface area contributed by atoms with Gasteiger partial charge in [-0.05, 0) is 61.7 Å². The largest absolute Gasteiger partial charge is 0.497 e. The van der Waals surface area contributed by atoms with E-state index in [9.17, 15) is 13.2 Å². The summed E-state index contributed by atoms with van der Waals surface area (Å²) in [6, 6.07) is 9.57. The molecule has 0 saturated heterocycles. The summed E-state index contributed by atoms with van der Waals surface area (Å²) in [6.07, 6.45) is 0.280. The number of anilines is 1. The number of carbonyl (C=O) groups is 1. The molecule has 0 fully saturated rings. The third-order valence-corrected chi connectivity index (χ3v) is 6.39. The van der Waals surface area contributed by atoms with Gasteiger partial charge in [0.2, 0.25) is 0 Å². The van der Waals surface area contributed by atoms with Gasteiger partial charge in [-0.1, -0.05) is 13.0 Å². The summed E-state index contributed by atoms with van der Waals surface area (Å²) < 4.78 is 31.2. The third kappa shape index (κ3) is 4.40. The molecule has 0 aliphatic rings. The van der Waals surface area contributed by atoms with E-state index >= 15 is 0 Å². The van der Waals surface area contributed by atoms with Crippen LogP contribution < -0.4 is 15.5 Å². The Morgan fingerprint density at radius 3 is 2.33 bits per heavy atom. The molecule has 0 aromatic heterocycles. The first-order valence-corrected chi connectivity index (χ1v) is 9.99. The Labute approximate surface area is 159 Å². The van der Waals surface area contributed by atoms with Gasteiger partial charge in [0.05, 0.1) is 23.3 Å². The normalized spacial score (nSPS) is 12.3. The minimum atomic E-state index is -3.71. The van der Waals surface area contributed by atoms with E-state index in [4.69, 9.17) is 9.94 Å². The molecule has 0 aliphatic carbocycles. The second-order valence-corrected chi connectivity index (χ2v) is 8.34. The van der Waals surface area contributed by atoms with Gasteiger partial charge in [0.1, 0.15) is 11.1 Å². The van der Waals surface area contributed by atoms with Crippen LogP contribution in [0, 0.1) is 13.8 Å². The number of rotatable bonds is 7. The van der Waals surface area contributed by atoms with Crippen LogP contribution in [0.3, 0.4) is 0 Å². The van der Waals surface area contributed by atoms with Crippen LogP contribution in [0.4, 0.5) is 5.69 Å². The first-order valence-electron chi connectivity index (χ1n) is 8.44. The minimum absolute atomic E-state index is 0.153. The van der Waals surface area contributed by atoms with Gasteiger partial charge in [-0.2, -0.15) is 0 Å². The molecule has 2 aromatic rings. The van der Waals surface area contributed by atoms with E-state index in [0.29, 0.717) is 17.0 Å². The number of hydrogen-bond acceptors (Lipinski definition) is 6. The highest BCUT2D eigenvalue weighted by Crippen LogP contribution is 2.28. The van der Waals surface area contributed by atoms with Gasteiger partial charge in [0.15, 0.2) is 9.84 Å². The zero-order valence-electron chi connectivity index (χ0n) is 15.7. The molecule has 3 N–H and O–H groups in total. The van der Waals surface area contributed by atoms with Crippen molar-refractivity contribution in [3.63, 3.8) is 0 Å². The highest BCUT2D eigenvalue weighted by atomic mass is 32.2. The van der Waals surface area contributed by atoms with Gasteiger partial charge in [-0.15, -0.1) is 0 Å². The average molecular weight is 392 g/mol. The summed E-state index contributed by atoms with van der Waals surface area (Å²) in [5.74, 6) is -0.146. The van der Waals surface area contributed by atoms with E-state index < -0.39 is 21.1 Å². The molecule has 0 radical (unpaired) electrons. The first kappa shape index (κ1) is 20.7. The van der Waals surface area contributed by atoms with Crippen LogP contribution in [0.15, 0.2) is 41.3 Å². The number of hydroxylamine groups is 1. The van der Waals surface area contributed by atoms with Gasteiger partial charge in [0, 0.05) is 0 Å². The summed E-state index contributed by atoms with van der Waals surface area (Å²) in [4.78, 5) is 12.2. The fourth-order valence-corrected chi connectivity index (χ4v) is 4.44. The van der Waals surface area contributed by atoms with E-state index in [-0.39, 0.29) is 16.9 Å². The number of nitrogens with one attached hydrogen (secondary N) is 2. The highest BCUT2D eigenvalue weighted by Gasteiger charge is 2.28. The monoisotopic (exact) mass is 392 g/mol. The Morgan fingerprint density at radius 2 is 1.81 bits per heavy atom. The van der Waals surface area contributed by atoms with Crippen LogP contribution in [0.1, 0.15) is 34.8 Å². The Balaban J connectivity index is 2.45. The second kappa shape index (κ2) is 8.41. The summed E-state index contributed by atoms with van der Waals surface area (Å²) >= 11 is 0. The van der Waals surface area contributed by atoms with E-state index in [1.54, 1.807) is 37.5 Å². The standard InChI is InChI=1S/C19H24N2O5S/c1-5-17(27(24,25)15-8-6-14(26-4)7-9-15)20-18-13(3)10-12(2)11-16(18)19(22)21-23/h6-11,17,20,23H,5H2,1-4H3,(H,21,22). The lowest BCUT2D eigenvalue weighted by atomic mass is 10.0. The highest BCUT2D eigenvalue weighted by molar-refractivity contribution is 7.92. The maximum atomic E-state index is 13.0. The lowest BCUT2D eigenvalue weighted by Crippen LogP contribution is -2.31. The van der Waals surface area contributed by atoms with Crippen LogP contribution in [0.2, 0.25) is 0 Å². The summed E-state index contributed by atoms with van der Waals surface area (Å²) in [6.45, 7) is 5.33. The van der Waals surface area contributed by atoms with Gasteiger partial charge >= 0.3 is 0 Å². The minimum Gasteiger partial charge on any atom is -0.497 e. The lowest BCUT2D eigenvalue weighted by molar-refractivity contribution is 0.0707. The molecule has 1 amide bonds. The number of ether oxygens (including phenoxy) is 1. The molecule has 0 heterocycles. The number of methoxy groups -OCH3 is 1. The molecule has 27 heavy (non-hydrogen) atoms. The van der Waals surface area contributed by atoms with Gasteiger partial charge in [-0.3, -0.25) is 10.0 Å². The van der Waals surface area contributed by atoms with Gasteiger partial charge in [-0.25, -0.2) is 13.9 Å². The Morgan fingerprint density at radius 1 is 1.19 bits per heavy atom. The second-order valence-electron chi connectivity index (χ2n) is 6.21. The predicted molar refractivity (Wildman–Crippen MR) is 103 cm³/mol. The molecule has 1 atom stereocenters. The van der Waals surface area contributed by atoms with Crippen molar-refractivity contribution in [2.75, 3.05) is 12.4 Å². The van der Waals surface area contributed by atoms with Crippen LogP contribution in [0.25, 0.3) is 0 Å². The van der Waals surface area contributed by atoms with Crippen molar-refractivity contribution < 1.29 is 23.2 Å². The molecule has 8 heteroatoms. The van der Waals surface area contributed by atoms with E-state index in [1.807, 2.05) is 13.0 Å². The topological polar surface area (TPSA) is 105 Å². The van der Waals surface area contributed by atoms with Crippen LogP contribution >= 0.6 is 0 Å². The zero-order chi connectivity index (χ0) is 20.2. The van der Waals surface area contributed by atoms with E-state index in [1.165, 1.54) is 19.2 Å². The number of carbonyl (C=O) groups excluding carboxylic acids is 1. The molecule has 2 aromatic carbocycles. The fraction of sp³-hybridized carbons (Fsp3) is 0.316. The van der Waals surface area contributed by atoms with Crippen LogP contribution in [-0.2, 0) is 9.84 Å². The number of aryl methyl sites for hydroxylation is 2. The number of sulfone groups is 1. The van der Waals surface area contributed by atoms with Crippen LogP contribution in [0.5, 0.6) is 5.75 Å². The zero-order valence-corrected chi connectivity index (χ0v) is 16.6. The molecular weight excluding hydrogens is 368 g/mol. The molecule has 7 nitrogen and oxygen atoms in total. The maximum Gasteiger partial charge on any atom is 0.276 e. The van der Waals surface area contributed by atoms with Crippen LogP contribution in [-0.4, -0.2) is 32.0 Å². The molecule has 0 spiro atoms. The molecular formula is C19H24N2O5S. The third-order valence-electron chi connectivity index (χ3n) is 4.26. The maximum absolute atomic E-state index is 13.0. The first-order chi connectivity index (χ1) is 12.7. The van der Waals surface area contributed by atoms with Crippen molar-refractivity contribution >= 4 is 21.4 Å². The van der Waals surface area contributed by atoms with Crippen molar-refractivity contribution in [3.05, 3.63) is 53.1 Å². The van der Waals surface area contributed by atoms with E-state index in [2.05, 4.69) is 5.32 Å². The molecule has 0 bridgehead atoms. The Kier molecular flexibility index (Phi) is 6.45. The lowest BCUT2D eigenvalue weighted by Gasteiger charge is -2.22. The molecule has 2 rings (SSSR count). The summed E-state index contributed by atoms with van der Waals surface area (Å²) in [5.41, 5.74) is 3.69.